The van der Waals surface area contributed by atoms with Crippen LogP contribution in [0.4, 0.5) is 4.39 Å². The number of hydrogen-bond donors (Lipinski definition) is 3. The molecule has 0 saturated heterocycles. The highest BCUT2D eigenvalue weighted by Gasteiger charge is 2.40. The van der Waals surface area contributed by atoms with Gasteiger partial charge in [0.05, 0.1) is 16.8 Å². The number of nitrogens with one attached hydrogen (secondary N) is 1. The Morgan fingerprint density at radius 1 is 1.33 bits per heavy atom. The SMILES string of the molecule is CC(C)(O)C(C)(C)OB(O)c1cc(F)c2c(c1)CNC2=O. The van der Waals surface area contributed by atoms with Gasteiger partial charge in [-0.2, -0.15) is 0 Å². The first kappa shape index (κ1) is 15.9. The minimum atomic E-state index is -1.40. The Kier molecular flexibility index (Phi) is 3.86. The van der Waals surface area contributed by atoms with Gasteiger partial charge in [0.2, 0.25) is 0 Å². The second-order valence-corrected chi connectivity index (χ2v) is 6.26. The van der Waals surface area contributed by atoms with Crippen LogP contribution >= 0.6 is 0 Å². The summed E-state index contributed by atoms with van der Waals surface area (Å²) in [7, 11) is -1.40. The average molecular weight is 295 g/mol. The first-order valence-corrected chi connectivity index (χ1v) is 6.72. The molecule has 1 aromatic carbocycles. The molecule has 7 heteroatoms. The summed E-state index contributed by atoms with van der Waals surface area (Å²) in [5.74, 6) is -1.15. The summed E-state index contributed by atoms with van der Waals surface area (Å²) < 4.78 is 19.4. The molecule has 0 fully saturated rings. The fourth-order valence-electron chi connectivity index (χ4n) is 1.98. The normalized spacial score (nSPS) is 14.9. The number of aliphatic hydroxyl groups is 1. The number of fused-ring (bicyclic) bond motifs is 1. The third-order valence-electron chi connectivity index (χ3n) is 4.03. The molecule has 0 spiro atoms. The molecule has 0 aromatic heterocycles. The maximum atomic E-state index is 14.0. The molecule has 0 aliphatic carbocycles. The molecule has 1 aliphatic rings. The van der Waals surface area contributed by atoms with Crippen LogP contribution in [0.3, 0.4) is 0 Å². The summed E-state index contributed by atoms with van der Waals surface area (Å²) in [5, 5.41) is 22.7. The topological polar surface area (TPSA) is 78.8 Å². The minimum absolute atomic E-state index is 0.00713. The summed E-state index contributed by atoms with van der Waals surface area (Å²) in [4.78, 5) is 11.4. The highest BCUT2D eigenvalue weighted by atomic mass is 19.1. The van der Waals surface area contributed by atoms with E-state index in [2.05, 4.69) is 5.32 Å². The van der Waals surface area contributed by atoms with Gasteiger partial charge in [0.1, 0.15) is 5.82 Å². The number of halogens is 1. The van der Waals surface area contributed by atoms with Crippen molar-refractivity contribution < 1.29 is 24.0 Å². The van der Waals surface area contributed by atoms with Gasteiger partial charge in [-0.3, -0.25) is 4.79 Å². The Morgan fingerprint density at radius 2 is 1.95 bits per heavy atom. The molecule has 21 heavy (non-hydrogen) atoms. The van der Waals surface area contributed by atoms with E-state index in [0.717, 1.165) is 6.07 Å². The second-order valence-electron chi connectivity index (χ2n) is 6.26. The van der Waals surface area contributed by atoms with Crippen LogP contribution in [0.2, 0.25) is 0 Å². The molecule has 1 aliphatic heterocycles. The zero-order valence-corrected chi connectivity index (χ0v) is 12.5. The molecule has 2 rings (SSSR count). The van der Waals surface area contributed by atoms with Gasteiger partial charge in [-0.05, 0) is 44.8 Å². The lowest BCUT2D eigenvalue weighted by Crippen LogP contribution is -2.53. The van der Waals surface area contributed by atoms with Gasteiger partial charge in [-0.15, -0.1) is 0 Å². The molecule has 5 nitrogen and oxygen atoms in total. The lowest BCUT2D eigenvalue weighted by Gasteiger charge is -2.38. The number of amides is 1. The number of rotatable bonds is 4. The van der Waals surface area contributed by atoms with Crippen molar-refractivity contribution >= 4 is 18.5 Å². The highest BCUT2D eigenvalue weighted by Crippen LogP contribution is 2.26. The Morgan fingerprint density at radius 3 is 2.52 bits per heavy atom. The first-order chi connectivity index (χ1) is 9.53. The van der Waals surface area contributed by atoms with E-state index in [1.165, 1.54) is 6.07 Å². The van der Waals surface area contributed by atoms with Crippen molar-refractivity contribution in [2.75, 3.05) is 0 Å². The van der Waals surface area contributed by atoms with Crippen molar-refractivity contribution in [1.29, 1.82) is 0 Å². The van der Waals surface area contributed by atoms with E-state index in [4.69, 9.17) is 4.65 Å². The Hall–Kier alpha value is -1.44. The van der Waals surface area contributed by atoms with Crippen molar-refractivity contribution in [2.45, 2.75) is 45.4 Å². The van der Waals surface area contributed by atoms with E-state index < -0.39 is 30.0 Å². The van der Waals surface area contributed by atoms with Crippen LogP contribution in [0.25, 0.3) is 0 Å². The first-order valence-electron chi connectivity index (χ1n) is 6.72. The maximum absolute atomic E-state index is 14.0. The standard InChI is InChI=1S/C14H19BFNO4/c1-13(2,19)14(3,4)21-15(20)9-5-8-7-17-12(18)11(8)10(16)6-9/h5-6,19-20H,7H2,1-4H3,(H,17,18). The van der Waals surface area contributed by atoms with Gasteiger partial charge in [-0.25, -0.2) is 4.39 Å². The average Bonchev–Trinajstić information content (AvgIpc) is 2.69. The number of benzene rings is 1. The van der Waals surface area contributed by atoms with Crippen LogP contribution < -0.4 is 10.8 Å². The lowest BCUT2D eigenvalue weighted by molar-refractivity contribution is -0.0982. The monoisotopic (exact) mass is 295 g/mol. The molecular formula is C14H19BFNO4. The van der Waals surface area contributed by atoms with Crippen molar-refractivity contribution in [3.63, 3.8) is 0 Å². The lowest BCUT2D eigenvalue weighted by atomic mass is 9.75. The van der Waals surface area contributed by atoms with Crippen LogP contribution in [0.15, 0.2) is 12.1 Å². The van der Waals surface area contributed by atoms with E-state index in [0.29, 0.717) is 5.56 Å². The molecule has 0 saturated carbocycles. The largest absolute Gasteiger partial charge is 0.491 e. The van der Waals surface area contributed by atoms with Gasteiger partial charge in [0, 0.05) is 6.54 Å². The molecular weight excluding hydrogens is 276 g/mol. The van der Waals surface area contributed by atoms with E-state index >= 15 is 0 Å². The van der Waals surface area contributed by atoms with Gasteiger partial charge >= 0.3 is 7.12 Å². The Bertz CT molecular complexity index is 583. The molecule has 114 valence electrons. The quantitative estimate of drug-likeness (QED) is 0.699. The zero-order valence-electron chi connectivity index (χ0n) is 12.5. The molecule has 3 N–H and O–H groups in total. The van der Waals surface area contributed by atoms with Crippen LogP contribution in [0.1, 0.15) is 43.6 Å². The number of carbonyl (C=O) groups excluding carboxylic acids is 1. The van der Waals surface area contributed by atoms with Crippen molar-refractivity contribution in [3.05, 3.63) is 29.1 Å². The van der Waals surface area contributed by atoms with Gasteiger partial charge < -0.3 is 20.1 Å². The molecule has 0 bridgehead atoms. The summed E-state index contributed by atoms with van der Waals surface area (Å²) in [6.45, 7) is 6.60. The summed E-state index contributed by atoms with van der Waals surface area (Å²) in [5.41, 5.74) is -1.54. The predicted octanol–water partition coefficient (Wildman–Crippen LogP) is 0.323. The fourth-order valence-corrected chi connectivity index (χ4v) is 1.98. The summed E-state index contributed by atoms with van der Waals surface area (Å²) >= 11 is 0. The molecule has 0 radical (unpaired) electrons. The van der Waals surface area contributed by atoms with E-state index in [9.17, 15) is 19.3 Å². The van der Waals surface area contributed by atoms with Crippen LogP contribution in [0.5, 0.6) is 0 Å². The fraction of sp³-hybridized carbons (Fsp3) is 0.500. The molecule has 0 unspecified atom stereocenters. The summed E-state index contributed by atoms with van der Waals surface area (Å²) in [6, 6.07) is 2.61. The van der Waals surface area contributed by atoms with E-state index in [-0.39, 0.29) is 17.6 Å². The molecule has 1 heterocycles. The van der Waals surface area contributed by atoms with Gasteiger partial charge in [0.15, 0.2) is 0 Å². The number of hydrogen-bond acceptors (Lipinski definition) is 4. The minimum Gasteiger partial charge on any atom is -0.423 e. The van der Waals surface area contributed by atoms with Gasteiger partial charge in [0.25, 0.3) is 5.91 Å². The zero-order chi connectivity index (χ0) is 16.0. The van der Waals surface area contributed by atoms with Crippen molar-refractivity contribution in [1.82, 2.24) is 5.32 Å². The van der Waals surface area contributed by atoms with E-state index in [1.807, 2.05) is 0 Å². The highest BCUT2D eigenvalue weighted by molar-refractivity contribution is 6.60. The smallest absolute Gasteiger partial charge is 0.423 e. The molecule has 0 atom stereocenters. The molecule has 1 aromatic rings. The summed E-state index contributed by atoms with van der Waals surface area (Å²) in [6.07, 6.45) is 0. The predicted molar refractivity (Wildman–Crippen MR) is 76.6 cm³/mol. The maximum Gasteiger partial charge on any atom is 0.491 e. The van der Waals surface area contributed by atoms with Crippen LogP contribution in [0, 0.1) is 5.82 Å². The van der Waals surface area contributed by atoms with Crippen molar-refractivity contribution in [2.24, 2.45) is 0 Å². The third-order valence-corrected chi connectivity index (χ3v) is 4.03. The van der Waals surface area contributed by atoms with Crippen LogP contribution in [-0.4, -0.2) is 34.4 Å². The Balaban J connectivity index is 2.28. The van der Waals surface area contributed by atoms with Crippen LogP contribution in [-0.2, 0) is 11.2 Å². The Labute approximate surface area is 123 Å². The number of carbonyl (C=O) groups is 1. The third kappa shape index (κ3) is 2.95. The van der Waals surface area contributed by atoms with E-state index in [1.54, 1.807) is 27.7 Å². The van der Waals surface area contributed by atoms with Gasteiger partial charge in [-0.1, -0.05) is 6.07 Å². The second kappa shape index (κ2) is 5.08. The molecule has 1 amide bonds. The van der Waals surface area contributed by atoms with Crippen molar-refractivity contribution in [3.8, 4) is 0 Å².